The fourth-order valence-electron chi connectivity index (χ4n) is 2.03. The first-order valence-electron chi connectivity index (χ1n) is 6.14. The lowest BCUT2D eigenvalue weighted by atomic mass is 10.1. The molecule has 0 radical (unpaired) electrons. The molecule has 1 aliphatic heterocycles. The molecule has 0 amide bonds. The summed E-state index contributed by atoms with van der Waals surface area (Å²) >= 11 is 1.44. The minimum atomic E-state index is -0.318. The molecule has 0 atom stereocenters. The van der Waals surface area contributed by atoms with E-state index >= 15 is 0 Å². The number of rotatable bonds is 3. The number of hydrogen-bond donors (Lipinski definition) is 0. The number of likely N-dealkylation sites (N-methyl/N-ethyl adjacent to an activating group) is 1. The van der Waals surface area contributed by atoms with Crippen molar-refractivity contribution in [3.63, 3.8) is 0 Å². The second kappa shape index (κ2) is 5.63. The van der Waals surface area contributed by atoms with Crippen molar-refractivity contribution in [1.82, 2.24) is 9.88 Å². The average Bonchev–Trinajstić information content (AvgIpc) is 2.72. The third-order valence-corrected chi connectivity index (χ3v) is 4.09. The van der Waals surface area contributed by atoms with Crippen LogP contribution >= 0.6 is 11.3 Å². The van der Waals surface area contributed by atoms with E-state index in [0.29, 0.717) is 11.6 Å². The van der Waals surface area contributed by atoms with Crippen LogP contribution in [0.5, 0.6) is 0 Å². The van der Waals surface area contributed by atoms with Crippen molar-refractivity contribution in [1.29, 1.82) is 0 Å². The molecule has 1 aromatic heterocycles. The SMILES string of the molecule is CCOC(=O)c1nc(C)c(C2=CCCN(C)C2)s1. The molecule has 0 fully saturated rings. The minimum Gasteiger partial charge on any atom is -0.461 e. The van der Waals surface area contributed by atoms with Gasteiger partial charge in [0.2, 0.25) is 5.01 Å². The number of nitrogens with zero attached hydrogens (tertiary/aromatic N) is 2. The normalized spacial score (nSPS) is 16.5. The van der Waals surface area contributed by atoms with Crippen molar-refractivity contribution in [3.8, 4) is 0 Å². The van der Waals surface area contributed by atoms with E-state index in [1.807, 2.05) is 6.92 Å². The first-order valence-corrected chi connectivity index (χ1v) is 6.96. The summed E-state index contributed by atoms with van der Waals surface area (Å²) in [4.78, 5) is 19.4. The van der Waals surface area contributed by atoms with E-state index in [9.17, 15) is 4.79 Å². The smallest absolute Gasteiger partial charge is 0.367 e. The van der Waals surface area contributed by atoms with Crippen LogP contribution in [0.2, 0.25) is 0 Å². The molecule has 0 unspecified atom stereocenters. The maximum atomic E-state index is 11.7. The maximum Gasteiger partial charge on any atom is 0.367 e. The van der Waals surface area contributed by atoms with Gasteiger partial charge in [-0.25, -0.2) is 9.78 Å². The number of ether oxygens (including phenoxy) is 1. The van der Waals surface area contributed by atoms with Crippen molar-refractivity contribution >= 4 is 22.9 Å². The summed E-state index contributed by atoms with van der Waals surface area (Å²) in [5, 5.41) is 0.457. The fourth-order valence-corrected chi connectivity index (χ4v) is 3.02. The molecule has 0 spiro atoms. The molecule has 2 heterocycles. The van der Waals surface area contributed by atoms with Gasteiger partial charge in [0.15, 0.2) is 0 Å². The van der Waals surface area contributed by atoms with Crippen LogP contribution in [0, 0.1) is 6.92 Å². The second-order valence-corrected chi connectivity index (χ2v) is 5.41. The molecule has 2 rings (SSSR count). The van der Waals surface area contributed by atoms with Gasteiger partial charge in [0.05, 0.1) is 17.2 Å². The molecule has 0 aliphatic carbocycles. The average molecular weight is 266 g/mol. The Hall–Kier alpha value is -1.20. The number of esters is 1. The molecule has 0 N–H and O–H groups in total. The first-order chi connectivity index (χ1) is 8.61. The predicted molar refractivity (Wildman–Crippen MR) is 72.9 cm³/mol. The van der Waals surface area contributed by atoms with E-state index in [2.05, 4.69) is 23.0 Å². The fraction of sp³-hybridized carbons (Fsp3) is 0.538. The van der Waals surface area contributed by atoms with Gasteiger partial charge in [0, 0.05) is 13.1 Å². The minimum absolute atomic E-state index is 0.318. The van der Waals surface area contributed by atoms with Gasteiger partial charge in [-0.2, -0.15) is 0 Å². The molecule has 1 aromatic rings. The van der Waals surface area contributed by atoms with Crippen molar-refractivity contribution < 1.29 is 9.53 Å². The molecule has 98 valence electrons. The third-order valence-electron chi connectivity index (χ3n) is 2.88. The van der Waals surface area contributed by atoms with Crippen LogP contribution in [0.1, 0.15) is 33.7 Å². The Balaban J connectivity index is 2.24. The summed E-state index contributed by atoms with van der Waals surface area (Å²) in [7, 11) is 2.11. The molecule has 0 bridgehead atoms. The highest BCUT2D eigenvalue weighted by Gasteiger charge is 2.19. The van der Waals surface area contributed by atoms with Gasteiger partial charge >= 0.3 is 5.97 Å². The van der Waals surface area contributed by atoms with Crippen LogP contribution < -0.4 is 0 Å². The predicted octanol–water partition coefficient (Wildman–Crippen LogP) is 2.35. The monoisotopic (exact) mass is 266 g/mol. The van der Waals surface area contributed by atoms with Crippen LogP contribution in [0.15, 0.2) is 6.08 Å². The Morgan fingerprint density at radius 1 is 1.61 bits per heavy atom. The van der Waals surface area contributed by atoms with E-state index in [4.69, 9.17) is 4.74 Å². The summed E-state index contributed by atoms with van der Waals surface area (Å²) in [6.07, 6.45) is 3.30. The lowest BCUT2D eigenvalue weighted by molar-refractivity contribution is 0.0526. The molecular weight excluding hydrogens is 248 g/mol. The lowest BCUT2D eigenvalue weighted by Crippen LogP contribution is -2.24. The summed E-state index contributed by atoms with van der Waals surface area (Å²) in [5.74, 6) is -0.318. The Morgan fingerprint density at radius 3 is 3.06 bits per heavy atom. The highest BCUT2D eigenvalue weighted by molar-refractivity contribution is 7.14. The quantitative estimate of drug-likeness (QED) is 0.788. The number of hydrogen-bond acceptors (Lipinski definition) is 5. The number of aromatic nitrogens is 1. The van der Waals surface area contributed by atoms with Crippen LogP contribution in [0.25, 0.3) is 5.57 Å². The first kappa shape index (κ1) is 13.2. The third kappa shape index (κ3) is 2.79. The van der Waals surface area contributed by atoms with Gasteiger partial charge in [0.25, 0.3) is 0 Å². The second-order valence-electron chi connectivity index (χ2n) is 4.41. The van der Waals surface area contributed by atoms with Gasteiger partial charge in [0.1, 0.15) is 0 Å². The topological polar surface area (TPSA) is 42.4 Å². The zero-order valence-electron chi connectivity index (χ0n) is 11.0. The Kier molecular flexibility index (Phi) is 4.14. The number of thiazole rings is 1. The van der Waals surface area contributed by atoms with E-state index < -0.39 is 0 Å². The van der Waals surface area contributed by atoms with Crippen LogP contribution in [-0.4, -0.2) is 42.6 Å². The number of carbonyl (C=O) groups excluding carboxylic acids is 1. The Morgan fingerprint density at radius 2 is 2.39 bits per heavy atom. The number of aryl methyl sites for hydroxylation is 1. The molecule has 18 heavy (non-hydrogen) atoms. The summed E-state index contributed by atoms with van der Waals surface area (Å²) in [5.41, 5.74) is 2.19. The summed E-state index contributed by atoms with van der Waals surface area (Å²) in [6, 6.07) is 0. The highest BCUT2D eigenvalue weighted by Crippen LogP contribution is 2.29. The largest absolute Gasteiger partial charge is 0.461 e. The maximum absolute atomic E-state index is 11.7. The molecular formula is C13H18N2O2S. The van der Waals surface area contributed by atoms with E-state index in [1.165, 1.54) is 16.9 Å². The van der Waals surface area contributed by atoms with E-state index in [0.717, 1.165) is 30.1 Å². The van der Waals surface area contributed by atoms with Gasteiger partial charge in [-0.05, 0) is 32.9 Å². The van der Waals surface area contributed by atoms with E-state index in [1.54, 1.807) is 6.92 Å². The zero-order chi connectivity index (χ0) is 13.1. The Labute approximate surface area is 111 Å². The highest BCUT2D eigenvalue weighted by atomic mass is 32.1. The standard InChI is InChI=1S/C13H18N2O2S/c1-4-17-13(16)12-14-9(2)11(18-12)10-6-5-7-15(3)8-10/h6H,4-5,7-8H2,1-3H3. The zero-order valence-corrected chi connectivity index (χ0v) is 11.8. The van der Waals surface area contributed by atoms with Crippen LogP contribution in [0.3, 0.4) is 0 Å². The van der Waals surface area contributed by atoms with E-state index in [-0.39, 0.29) is 5.97 Å². The van der Waals surface area contributed by atoms with Gasteiger partial charge < -0.3 is 9.64 Å². The molecule has 0 saturated heterocycles. The Bertz CT molecular complexity index is 479. The summed E-state index contributed by atoms with van der Waals surface area (Å²) in [6.45, 7) is 6.15. The van der Waals surface area contributed by atoms with Gasteiger partial charge in [-0.1, -0.05) is 6.08 Å². The van der Waals surface area contributed by atoms with Crippen molar-refractivity contribution in [2.45, 2.75) is 20.3 Å². The van der Waals surface area contributed by atoms with Crippen LogP contribution in [-0.2, 0) is 4.74 Å². The number of carbonyl (C=O) groups is 1. The van der Waals surface area contributed by atoms with Crippen molar-refractivity contribution in [2.24, 2.45) is 0 Å². The molecule has 0 aromatic carbocycles. The van der Waals surface area contributed by atoms with Crippen molar-refractivity contribution in [2.75, 3.05) is 26.7 Å². The lowest BCUT2D eigenvalue weighted by Gasteiger charge is -2.22. The van der Waals surface area contributed by atoms with Gasteiger partial charge in [-0.15, -0.1) is 11.3 Å². The molecule has 1 aliphatic rings. The molecule has 5 heteroatoms. The molecule has 0 saturated carbocycles. The molecule has 4 nitrogen and oxygen atoms in total. The van der Waals surface area contributed by atoms with Gasteiger partial charge in [-0.3, -0.25) is 0 Å². The van der Waals surface area contributed by atoms with Crippen molar-refractivity contribution in [3.05, 3.63) is 21.7 Å². The summed E-state index contributed by atoms with van der Waals surface area (Å²) < 4.78 is 4.98. The van der Waals surface area contributed by atoms with Crippen LogP contribution in [0.4, 0.5) is 0 Å².